The van der Waals surface area contributed by atoms with Crippen molar-refractivity contribution >= 4 is 0 Å². The zero-order valence-electron chi connectivity index (χ0n) is 11.1. The third kappa shape index (κ3) is 7.02. The molecule has 0 saturated heterocycles. The molecule has 0 fully saturated rings. The van der Waals surface area contributed by atoms with Crippen LogP contribution in [0.5, 0.6) is 0 Å². The normalized spacial score (nSPS) is 11.3. The second kappa shape index (κ2) is 11.2. The lowest BCUT2D eigenvalue weighted by molar-refractivity contribution is 0.141. The Kier molecular flexibility index (Phi) is 10.9. The average Bonchev–Trinajstić information content (AvgIpc) is 2.30. The van der Waals surface area contributed by atoms with Crippen LogP contribution in [0.15, 0.2) is 12.7 Å². The number of rotatable bonds is 11. The second-order valence-corrected chi connectivity index (χ2v) is 4.37. The first-order valence-electron chi connectivity index (χ1n) is 6.75. The first-order valence-corrected chi connectivity index (χ1v) is 6.75. The van der Waals surface area contributed by atoms with Crippen LogP contribution in [0.4, 0.5) is 0 Å². The van der Waals surface area contributed by atoms with Crippen molar-refractivity contribution in [3.05, 3.63) is 12.7 Å². The maximum Gasteiger partial charge on any atom is 0.0558 e. The molecular weight excluding hydrogens is 198 g/mol. The summed E-state index contributed by atoms with van der Waals surface area (Å²) in [4.78, 5) is 2.44. The Morgan fingerprint density at radius 2 is 1.81 bits per heavy atom. The van der Waals surface area contributed by atoms with Gasteiger partial charge < -0.3 is 5.11 Å². The molecule has 0 heterocycles. The second-order valence-electron chi connectivity index (χ2n) is 4.37. The summed E-state index contributed by atoms with van der Waals surface area (Å²) in [6.07, 6.45) is 9.25. The summed E-state index contributed by atoms with van der Waals surface area (Å²) in [7, 11) is 0. The summed E-state index contributed by atoms with van der Waals surface area (Å²) in [5, 5.41) is 9.06. The van der Waals surface area contributed by atoms with Crippen LogP contribution < -0.4 is 0 Å². The number of allylic oxidation sites excluding steroid dienone is 1. The molecule has 1 N–H and O–H groups in total. The van der Waals surface area contributed by atoms with Gasteiger partial charge in [-0.25, -0.2) is 0 Å². The van der Waals surface area contributed by atoms with E-state index in [1.807, 2.05) is 6.08 Å². The predicted molar refractivity (Wildman–Crippen MR) is 71.7 cm³/mol. The summed E-state index contributed by atoms with van der Waals surface area (Å²) in [5.74, 6) is 0. The Morgan fingerprint density at radius 3 is 2.31 bits per heavy atom. The highest BCUT2D eigenvalue weighted by Crippen LogP contribution is 2.10. The van der Waals surface area contributed by atoms with Crippen molar-refractivity contribution in [2.75, 3.05) is 19.7 Å². The fourth-order valence-corrected chi connectivity index (χ4v) is 2.19. The summed E-state index contributed by atoms with van der Waals surface area (Å²) >= 11 is 0. The van der Waals surface area contributed by atoms with Gasteiger partial charge in [0.2, 0.25) is 0 Å². The molecule has 0 aliphatic carbocycles. The summed E-state index contributed by atoms with van der Waals surface area (Å²) in [6, 6.07) is 0.645. The molecular formula is C14H29NO. The molecule has 0 rings (SSSR count). The van der Waals surface area contributed by atoms with Crippen molar-refractivity contribution < 1.29 is 5.11 Å². The number of unbranched alkanes of at least 4 members (excludes halogenated alkanes) is 3. The first kappa shape index (κ1) is 15.7. The quantitative estimate of drug-likeness (QED) is 0.433. The van der Waals surface area contributed by atoms with Crippen LogP contribution >= 0.6 is 0 Å². The monoisotopic (exact) mass is 227 g/mol. The Balaban J connectivity index is 3.78. The van der Waals surface area contributed by atoms with Crippen molar-refractivity contribution in [3.8, 4) is 0 Å². The van der Waals surface area contributed by atoms with E-state index < -0.39 is 0 Å². The molecule has 0 aliphatic rings. The van der Waals surface area contributed by atoms with E-state index >= 15 is 0 Å². The molecule has 96 valence electrons. The fourth-order valence-electron chi connectivity index (χ4n) is 2.19. The van der Waals surface area contributed by atoms with Crippen molar-refractivity contribution in [3.63, 3.8) is 0 Å². The largest absolute Gasteiger partial charge is 0.395 e. The van der Waals surface area contributed by atoms with E-state index in [1.165, 1.54) is 32.1 Å². The standard InChI is InChI=1S/C14H29NO/c1-4-7-8-9-10-11-15(12-13-16)14(5-2)6-3/h4,14,16H,1,5-13H2,2-3H3. The molecule has 0 saturated carbocycles. The highest BCUT2D eigenvalue weighted by molar-refractivity contribution is 4.70. The molecule has 0 aromatic rings. The van der Waals surface area contributed by atoms with Crippen LogP contribution in [0.2, 0.25) is 0 Å². The van der Waals surface area contributed by atoms with E-state index in [-0.39, 0.29) is 6.61 Å². The van der Waals surface area contributed by atoms with Gasteiger partial charge in [-0.2, -0.15) is 0 Å². The Labute approximate surface area is 101 Å². The summed E-state index contributed by atoms with van der Waals surface area (Å²) in [6.45, 7) is 10.4. The Bertz CT molecular complexity index is 155. The van der Waals surface area contributed by atoms with Crippen LogP contribution in [0.1, 0.15) is 52.4 Å². The lowest BCUT2D eigenvalue weighted by atomic mass is 10.1. The van der Waals surface area contributed by atoms with Gasteiger partial charge in [0.1, 0.15) is 0 Å². The van der Waals surface area contributed by atoms with Crippen molar-refractivity contribution in [2.24, 2.45) is 0 Å². The van der Waals surface area contributed by atoms with Crippen molar-refractivity contribution in [1.29, 1.82) is 0 Å². The van der Waals surface area contributed by atoms with Gasteiger partial charge >= 0.3 is 0 Å². The molecule has 2 heteroatoms. The van der Waals surface area contributed by atoms with Gasteiger partial charge in [0.15, 0.2) is 0 Å². The van der Waals surface area contributed by atoms with Gasteiger partial charge in [0.05, 0.1) is 6.61 Å². The molecule has 0 amide bonds. The Morgan fingerprint density at radius 1 is 1.12 bits per heavy atom. The molecule has 0 radical (unpaired) electrons. The molecule has 16 heavy (non-hydrogen) atoms. The van der Waals surface area contributed by atoms with E-state index in [2.05, 4.69) is 25.3 Å². The number of hydrogen-bond donors (Lipinski definition) is 1. The topological polar surface area (TPSA) is 23.5 Å². The molecule has 0 atom stereocenters. The SMILES string of the molecule is C=CCCCCCN(CCO)C(CC)CC. The van der Waals surface area contributed by atoms with Crippen LogP contribution in [0, 0.1) is 0 Å². The number of aliphatic hydroxyl groups is 1. The minimum absolute atomic E-state index is 0.281. The van der Waals surface area contributed by atoms with Crippen molar-refractivity contribution in [1.82, 2.24) is 4.90 Å². The third-order valence-corrected chi connectivity index (χ3v) is 3.20. The Hall–Kier alpha value is -0.340. The smallest absolute Gasteiger partial charge is 0.0558 e. The lowest BCUT2D eigenvalue weighted by Crippen LogP contribution is -2.37. The van der Waals surface area contributed by atoms with E-state index in [1.54, 1.807) is 0 Å². The molecule has 0 spiro atoms. The maximum atomic E-state index is 9.06. The minimum Gasteiger partial charge on any atom is -0.395 e. The minimum atomic E-state index is 0.281. The molecule has 0 bridgehead atoms. The van der Waals surface area contributed by atoms with Crippen LogP contribution in [-0.2, 0) is 0 Å². The van der Waals surface area contributed by atoms with Gasteiger partial charge in [-0.1, -0.05) is 26.3 Å². The van der Waals surface area contributed by atoms with Crippen LogP contribution in [-0.4, -0.2) is 35.7 Å². The average molecular weight is 227 g/mol. The van der Waals surface area contributed by atoms with Crippen LogP contribution in [0.25, 0.3) is 0 Å². The third-order valence-electron chi connectivity index (χ3n) is 3.20. The number of aliphatic hydroxyl groups excluding tert-OH is 1. The molecule has 0 aromatic heterocycles. The maximum absolute atomic E-state index is 9.06. The van der Waals surface area contributed by atoms with E-state index in [4.69, 9.17) is 5.11 Å². The lowest BCUT2D eigenvalue weighted by Gasteiger charge is -2.29. The van der Waals surface area contributed by atoms with Gasteiger partial charge in [-0.05, 0) is 38.6 Å². The molecule has 0 aliphatic heterocycles. The fraction of sp³-hybridized carbons (Fsp3) is 0.857. The van der Waals surface area contributed by atoms with Crippen molar-refractivity contribution in [2.45, 2.75) is 58.4 Å². The zero-order valence-corrected chi connectivity index (χ0v) is 11.1. The molecule has 2 nitrogen and oxygen atoms in total. The van der Waals surface area contributed by atoms with E-state index in [0.717, 1.165) is 19.5 Å². The van der Waals surface area contributed by atoms with Gasteiger partial charge in [0, 0.05) is 12.6 Å². The molecule has 0 unspecified atom stereocenters. The molecule has 0 aromatic carbocycles. The summed E-state index contributed by atoms with van der Waals surface area (Å²) < 4.78 is 0. The number of nitrogens with zero attached hydrogens (tertiary/aromatic N) is 1. The highest BCUT2D eigenvalue weighted by Gasteiger charge is 2.13. The predicted octanol–water partition coefficient (Wildman–Crippen LogP) is 3.22. The first-order chi connectivity index (χ1) is 7.79. The van der Waals surface area contributed by atoms with Gasteiger partial charge in [0.25, 0.3) is 0 Å². The zero-order chi connectivity index (χ0) is 12.2. The van der Waals surface area contributed by atoms with Crippen LogP contribution in [0.3, 0.4) is 0 Å². The van der Waals surface area contributed by atoms with E-state index in [0.29, 0.717) is 6.04 Å². The summed E-state index contributed by atoms with van der Waals surface area (Å²) in [5.41, 5.74) is 0. The number of hydrogen-bond acceptors (Lipinski definition) is 2. The highest BCUT2D eigenvalue weighted by atomic mass is 16.3. The van der Waals surface area contributed by atoms with E-state index in [9.17, 15) is 0 Å². The van der Waals surface area contributed by atoms with Gasteiger partial charge in [-0.3, -0.25) is 4.90 Å². The van der Waals surface area contributed by atoms with Gasteiger partial charge in [-0.15, -0.1) is 6.58 Å².